The quantitative estimate of drug-likeness (QED) is 0.595. The fourth-order valence-electron chi connectivity index (χ4n) is 2.14. The molecule has 1 N–H and O–H groups in total. The number of benzene rings is 2. The van der Waals surface area contributed by atoms with Crippen molar-refractivity contribution in [3.8, 4) is 5.75 Å². The summed E-state index contributed by atoms with van der Waals surface area (Å²) in [7, 11) is 1.53. The molecule has 130 valence electrons. The summed E-state index contributed by atoms with van der Waals surface area (Å²) in [5, 5.41) is 3.84. The number of thioether (sulfide) groups is 1. The maximum atomic E-state index is 12.4. The third kappa shape index (κ3) is 4.21. The van der Waals surface area contributed by atoms with Gasteiger partial charge < -0.3 is 14.5 Å². The highest BCUT2D eigenvalue weighted by Gasteiger charge is 2.19. The van der Waals surface area contributed by atoms with Crippen molar-refractivity contribution in [1.29, 1.82) is 0 Å². The zero-order chi connectivity index (χ0) is 18.0. The number of fused-ring (bicyclic) bond motifs is 1. The van der Waals surface area contributed by atoms with Gasteiger partial charge in [0.25, 0.3) is 5.22 Å². The molecule has 0 fully saturated rings. The van der Waals surface area contributed by atoms with E-state index in [-0.39, 0.29) is 5.91 Å². The van der Waals surface area contributed by atoms with Crippen molar-refractivity contribution in [2.24, 2.45) is 0 Å². The van der Waals surface area contributed by atoms with Crippen LogP contribution in [0.4, 0.5) is 5.69 Å². The minimum Gasteiger partial charge on any atom is -0.495 e. The number of anilines is 1. The van der Waals surface area contributed by atoms with Crippen LogP contribution in [-0.2, 0) is 4.79 Å². The number of carbonyl (C=O) groups is 1. The summed E-state index contributed by atoms with van der Waals surface area (Å²) < 4.78 is 10.9. The molecule has 0 bridgehead atoms. The Hall–Kier alpha value is -1.89. The van der Waals surface area contributed by atoms with Crippen molar-refractivity contribution in [3.05, 3.63) is 46.4 Å². The minimum atomic E-state index is -0.438. The molecular weight excluding hydrogens is 383 g/mol. The number of rotatable bonds is 5. The smallest absolute Gasteiger partial charge is 0.257 e. The molecule has 1 amide bonds. The molecule has 1 heterocycles. The molecule has 8 heteroatoms. The number of nitrogens with zero attached hydrogens (tertiary/aromatic N) is 1. The molecular formula is C17H14Cl2N2O3S. The van der Waals surface area contributed by atoms with Crippen LogP contribution < -0.4 is 10.1 Å². The summed E-state index contributed by atoms with van der Waals surface area (Å²) in [5.74, 6) is 0.317. The van der Waals surface area contributed by atoms with Crippen molar-refractivity contribution < 1.29 is 13.9 Å². The summed E-state index contributed by atoms with van der Waals surface area (Å²) in [6.07, 6.45) is 0. The van der Waals surface area contributed by atoms with Gasteiger partial charge in [-0.3, -0.25) is 4.79 Å². The molecule has 0 spiro atoms. The van der Waals surface area contributed by atoms with Gasteiger partial charge >= 0.3 is 0 Å². The van der Waals surface area contributed by atoms with Crippen LogP contribution in [0.5, 0.6) is 5.75 Å². The number of oxazole rings is 1. The van der Waals surface area contributed by atoms with Gasteiger partial charge in [0.05, 0.1) is 18.0 Å². The highest BCUT2D eigenvalue weighted by Crippen LogP contribution is 2.31. The number of methoxy groups -OCH3 is 1. The van der Waals surface area contributed by atoms with E-state index < -0.39 is 5.25 Å². The molecule has 0 radical (unpaired) electrons. The summed E-state index contributed by atoms with van der Waals surface area (Å²) in [6.45, 7) is 1.76. The number of aromatic nitrogens is 1. The van der Waals surface area contributed by atoms with Crippen molar-refractivity contribution in [1.82, 2.24) is 4.98 Å². The highest BCUT2D eigenvalue weighted by atomic mass is 35.5. The fourth-order valence-corrected chi connectivity index (χ4v) is 3.24. The predicted octanol–water partition coefficient (Wildman–Crippen LogP) is 5.26. The van der Waals surface area contributed by atoms with E-state index in [9.17, 15) is 4.79 Å². The van der Waals surface area contributed by atoms with E-state index >= 15 is 0 Å². The zero-order valence-electron chi connectivity index (χ0n) is 13.4. The van der Waals surface area contributed by atoms with E-state index in [1.165, 1.54) is 18.9 Å². The van der Waals surface area contributed by atoms with Crippen LogP contribution in [0.15, 0.2) is 46.0 Å². The number of halogens is 2. The summed E-state index contributed by atoms with van der Waals surface area (Å²) in [6, 6.07) is 10.2. The van der Waals surface area contributed by atoms with E-state index in [4.69, 9.17) is 32.4 Å². The van der Waals surface area contributed by atoms with Crippen LogP contribution in [0.2, 0.25) is 10.0 Å². The monoisotopic (exact) mass is 396 g/mol. The number of hydrogen-bond donors (Lipinski definition) is 1. The van der Waals surface area contributed by atoms with Crippen molar-refractivity contribution >= 4 is 57.7 Å². The zero-order valence-corrected chi connectivity index (χ0v) is 15.7. The molecule has 1 atom stereocenters. The molecule has 0 saturated carbocycles. The second-order valence-corrected chi connectivity index (χ2v) is 7.35. The van der Waals surface area contributed by atoms with E-state index in [0.717, 1.165) is 0 Å². The van der Waals surface area contributed by atoms with Crippen molar-refractivity contribution in [2.45, 2.75) is 17.4 Å². The summed E-state index contributed by atoms with van der Waals surface area (Å²) in [5.41, 5.74) is 1.78. The maximum absolute atomic E-state index is 12.4. The average molecular weight is 397 g/mol. The van der Waals surface area contributed by atoms with Crippen LogP contribution in [0.1, 0.15) is 6.92 Å². The Morgan fingerprint density at radius 2 is 1.96 bits per heavy atom. The van der Waals surface area contributed by atoms with Crippen molar-refractivity contribution in [2.75, 3.05) is 12.4 Å². The van der Waals surface area contributed by atoms with Crippen LogP contribution in [0.25, 0.3) is 11.1 Å². The molecule has 0 aliphatic carbocycles. The molecule has 3 aromatic rings. The molecule has 0 aliphatic rings. The van der Waals surface area contributed by atoms with Crippen LogP contribution >= 0.6 is 35.0 Å². The average Bonchev–Trinajstić information content (AvgIpc) is 2.96. The second-order valence-electron chi connectivity index (χ2n) is 5.19. The van der Waals surface area contributed by atoms with Gasteiger partial charge in [0, 0.05) is 16.1 Å². The Morgan fingerprint density at radius 1 is 1.24 bits per heavy atom. The SMILES string of the molecule is COc1ccc(Cl)cc1NC(=O)[C@@H](C)Sc1nc2ccc(Cl)cc2o1. The molecule has 0 saturated heterocycles. The van der Waals surface area contributed by atoms with E-state index in [0.29, 0.717) is 37.8 Å². The number of ether oxygens (including phenoxy) is 1. The first-order valence-electron chi connectivity index (χ1n) is 7.33. The molecule has 2 aromatic carbocycles. The van der Waals surface area contributed by atoms with E-state index in [1.807, 2.05) is 0 Å². The molecule has 3 rings (SSSR count). The summed E-state index contributed by atoms with van der Waals surface area (Å²) >= 11 is 13.1. The number of amides is 1. The largest absolute Gasteiger partial charge is 0.495 e. The topological polar surface area (TPSA) is 64.4 Å². The molecule has 5 nitrogen and oxygen atoms in total. The van der Waals surface area contributed by atoms with Gasteiger partial charge in [-0.15, -0.1) is 0 Å². The van der Waals surface area contributed by atoms with Crippen molar-refractivity contribution in [3.63, 3.8) is 0 Å². The first-order chi connectivity index (χ1) is 12.0. The first-order valence-corrected chi connectivity index (χ1v) is 8.97. The first kappa shape index (κ1) is 17.9. The van der Waals surface area contributed by atoms with Gasteiger partial charge in [0.1, 0.15) is 11.3 Å². The predicted molar refractivity (Wildman–Crippen MR) is 101 cm³/mol. The number of nitrogens with one attached hydrogen (secondary N) is 1. The Morgan fingerprint density at radius 3 is 2.72 bits per heavy atom. The third-order valence-corrected chi connectivity index (χ3v) is 4.81. The van der Waals surface area contributed by atoms with Crippen LogP contribution in [0, 0.1) is 0 Å². The normalized spacial score (nSPS) is 12.2. The highest BCUT2D eigenvalue weighted by molar-refractivity contribution is 8.00. The van der Waals surface area contributed by atoms with Gasteiger partial charge in [0.2, 0.25) is 5.91 Å². The van der Waals surface area contributed by atoms with E-state index in [2.05, 4.69) is 10.3 Å². The van der Waals surface area contributed by atoms with Gasteiger partial charge in [-0.2, -0.15) is 0 Å². The molecule has 1 aromatic heterocycles. The van der Waals surface area contributed by atoms with Gasteiger partial charge in [-0.25, -0.2) is 4.98 Å². The maximum Gasteiger partial charge on any atom is 0.257 e. The molecule has 25 heavy (non-hydrogen) atoms. The lowest BCUT2D eigenvalue weighted by atomic mass is 10.3. The van der Waals surface area contributed by atoms with Crippen LogP contribution in [-0.4, -0.2) is 23.3 Å². The number of carbonyl (C=O) groups excluding carboxylic acids is 1. The lowest BCUT2D eigenvalue weighted by molar-refractivity contribution is -0.115. The lowest BCUT2D eigenvalue weighted by Crippen LogP contribution is -2.22. The molecule has 0 unspecified atom stereocenters. The minimum absolute atomic E-state index is 0.217. The van der Waals surface area contributed by atoms with E-state index in [1.54, 1.807) is 43.3 Å². The number of hydrogen-bond acceptors (Lipinski definition) is 5. The summed E-state index contributed by atoms with van der Waals surface area (Å²) in [4.78, 5) is 16.8. The molecule has 0 aliphatic heterocycles. The fraction of sp³-hybridized carbons (Fsp3) is 0.176. The standard InChI is InChI=1S/C17H14Cl2N2O3S/c1-9(16(22)20-13-7-10(18)4-6-14(13)23-2)25-17-21-12-5-3-11(19)8-15(12)24-17/h3-9H,1-2H3,(H,20,22)/t9-/m1/s1. The second kappa shape index (κ2) is 7.56. The Kier molecular flexibility index (Phi) is 5.42. The third-order valence-electron chi connectivity index (χ3n) is 3.40. The van der Waals surface area contributed by atoms with Gasteiger partial charge in [-0.1, -0.05) is 35.0 Å². The Labute approximate surface area is 158 Å². The van der Waals surface area contributed by atoms with Gasteiger partial charge in [0.15, 0.2) is 5.58 Å². The lowest BCUT2D eigenvalue weighted by Gasteiger charge is -2.13. The Balaban J connectivity index is 1.72. The Bertz CT molecular complexity index is 929. The van der Waals surface area contributed by atoms with Crippen LogP contribution in [0.3, 0.4) is 0 Å². The van der Waals surface area contributed by atoms with Gasteiger partial charge in [-0.05, 0) is 37.3 Å².